The van der Waals surface area contributed by atoms with E-state index in [1.807, 2.05) is 53.4 Å². The van der Waals surface area contributed by atoms with E-state index in [9.17, 15) is 9.59 Å². The topological polar surface area (TPSA) is 79.5 Å². The number of carbonyl (C=O) groups is 2. The smallest absolute Gasteiger partial charge is 0.273 e. The predicted molar refractivity (Wildman–Crippen MR) is 119 cm³/mol. The first-order chi connectivity index (χ1) is 15.0. The molecule has 2 aromatic carbocycles. The minimum Gasteiger partial charge on any atom is -0.369 e. The average molecular weight is 415 g/mol. The van der Waals surface area contributed by atoms with Crippen molar-refractivity contribution in [3.8, 4) is 0 Å². The number of rotatable bonds is 4. The van der Waals surface area contributed by atoms with Crippen LogP contribution in [0.5, 0.6) is 0 Å². The van der Waals surface area contributed by atoms with Crippen LogP contribution in [-0.2, 0) is 4.79 Å². The largest absolute Gasteiger partial charge is 0.369 e. The molecule has 2 aliphatic heterocycles. The number of likely N-dealkylation sites (tertiary alicyclic amines) is 2. The zero-order chi connectivity index (χ0) is 21.5. The van der Waals surface area contributed by atoms with Crippen LogP contribution in [0.25, 0.3) is 10.9 Å². The van der Waals surface area contributed by atoms with Gasteiger partial charge in [-0.05, 0) is 36.1 Å². The highest BCUT2D eigenvalue weighted by Crippen LogP contribution is 2.46. The summed E-state index contributed by atoms with van der Waals surface area (Å²) in [4.78, 5) is 33.9. The highest BCUT2D eigenvalue weighted by atomic mass is 16.2. The number of nitrogens with two attached hydrogens (primary N) is 1. The molecule has 2 N–H and O–H groups in total. The predicted octanol–water partition coefficient (Wildman–Crippen LogP) is 2.77. The molecule has 3 aromatic rings. The third-order valence-electron chi connectivity index (χ3n) is 6.70. The van der Waals surface area contributed by atoms with Crippen LogP contribution in [0, 0.1) is 18.8 Å². The quantitative estimate of drug-likeness (QED) is 0.712. The van der Waals surface area contributed by atoms with Gasteiger partial charge in [-0.1, -0.05) is 48.5 Å². The molecule has 2 aliphatic rings. The number of para-hydroxylation sites is 1. The third-order valence-corrected chi connectivity index (χ3v) is 6.70. The Kier molecular flexibility index (Phi) is 4.94. The summed E-state index contributed by atoms with van der Waals surface area (Å²) in [7, 11) is 0. The summed E-state index contributed by atoms with van der Waals surface area (Å²) in [5.41, 5.74) is 9.08. The number of fused-ring (bicyclic) bond motifs is 2. The first-order valence-electron chi connectivity index (χ1n) is 10.7. The molecule has 0 aliphatic carbocycles. The van der Waals surface area contributed by atoms with E-state index in [0.717, 1.165) is 24.0 Å². The molecular formula is C25H26N4O2. The minimum absolute atomic E-state index is 0.0325. The summed E-state index contributed by atoms with van der Waals surface area (Å²) < 4.78 is 0. The van der Waals surface area contributed by atoms with Gasteiger partial charge >= 0.3 is 0 Å². The van der Waals surface area contributed by atoms with Gasteiger partial charge in [0.15, 0.2) is 0 Å². The molecule has 158 valence electrons. The summed E-state index contributed by atoms with van der Waals surface area (Å²) in [5.74, 6) is 0.244. The molecular weight excluding hydrogens is 388 g/mol. The lowest BCUT2D eigenvalue weighted by Crippen LogP contribution is -2.38. The van der Waals surface area contributed by atoms with Gasteiger partial charge in [-0.25, -0.2) is 4.98 Å². The molecule has 5 rings (SSSR count). The van der Waals surface area contributed by atoms with E-state index < -0.39 is 0 Å². The average Bonchev–Trinajstić information content (AvgIpc) is 3.30. The van der Waals surface area contributed by atoms with Crippen molar-refractivity contribution < 1.29 is 9.59 Å². The number of nitrogens with zero attached hydrogens (tertiary/aromatic N) is 3. The highest BCUT2D eigenvalue weighted by molar-refractivity contribution is 5.95. The fraction of sp³-hybridized carbons (Fsp3) is 0.320. The van der Waals surface area contributed by atoms with E-state index >= 15 is 0 Å². The van der Waals surface area contributed by atoms with Crippen LogP contribution in [0.3, 0.4) is 0 Å². The first kappa shape index (κ1) is 19.7. The highest BCUT2D eigenvalue weighted by Gasteiger charge is 2.49. The Morgan fingerprint density at radius 2 is 1.77 bits per heavy atom. The number of carbonyl (C=O) groups excluding carboxylic acids is 2. The third kappa shape index (κ3) is 3.57. The van der Waals surface area contributed by atoms with E-state index in [1.165, 1.54) is 11.1 Å². The lowest BCUT2D eigenvalue weighted by Gasteiger charge is -2.30. The normalized spacial score (nSPS) is 23.3. The molecule has 6 heteroatoms. The summed E-state index contributed by atoms with van der Waals surface area (Å²) in [6, 6.07) is 19.9. The van der Waals surface area contributed by atoms with Crippen LogP contribution in [-0.4, -0.2) is 52.8 Å². The standard InChI is InChI=1S/C25H26N4O2/c1-16-6-2-4-8-19(16)24-20-14-28(15-23(26)30)12-18(20)13-29(24)25(31)22-11-10-17-7-3-5-9-21(17)27-22/h2-11,18,20,24H,12-15H2,1H3,(H2,26,30)/t18-,20-,24+/m0/s1. The van der Waals surface area contributed by atoms with E-state index in [2.05, 4.69) is 28.9 Å². The van der Waals surface area contributed by atoms with E-state index in [0.29, 0.717) is 18.2 Å². The Morgan fingerprint density at radius 3 is 2.58 bits per heavy atom. The molecule has 2 saturated heterocycles. The van der Waals surface area contributed by atoms with Crippen molar-refractivity contribution in [3.63, 3.8) is 0 Å². The number of amides is 2. The Labute approximate surface area is 181 Å². The van der Waals surface area contributed by atoms with E-state index in [4.69, 9.17) is 5.73 Å². The van der Waals surface area contributed by atoms with Crippen molar-refractivity contribution in [2.45, 2.75) is 13.0 Å². The number of hydrogen-bond acceptors (Lipinski definition) is 4. The number of aromatic nitrogens is 1. The lowest BCUT2D eigenvalue weighted by atomic mass is 9.87. The van der Waals surface area contributed by atoms with Crippen molar-refractivity contribution in [2.24, 2.45) is 17.6 Å². The van der Waals surface area contributed by atoms with Crippen LogP contribution >= 0.6 is 0 Å². The van der Waals surface area contributed by atoms with Crippen molar-refractivity contribution in [3.05, 3.63) is 77.5 Å². The van der Waals surface area contributed by atoms with Gasteiger partial charge in [-0.3, -0.25) is 14.5 Å². The Balaban J connectivity index is 1.50. The van der Waals surface area contributed by atoms with Crippen LogP contribution in [0.2, 0.25) is 0 Å². The molecule has 31 heavy (non-hydrogen) atoms. The van der Waals surface area contributed by atoms with Gasteiger partial charge in [0.05, 0.1) is 18.1 Å². The number of benzene rings is 2. The molecule has 0 saturated carbocycles. The molecule has 3 atom stereocenters. The summed E-state index contributed by atoms with van der Waals surface area (Å²) >= 11 is 0. The van der Waals surface area contributed by atoms with Crippen LogP contribution in [0.1, 0.15) is 27.7 Å². The first-order valence-corrected chi connectivity index (χ1v) is 10.7. The zero-order valence-corrected chi connectivity index (χ0v) is 17.6. The number of aryl methyl sites for hydroxylation is 1. The molecule has 0 unspecified atom stereocenters. The maximum absolute atomic E-state index is 13.7. The fourth-order valence-corrected chi connectivity index (χ4v) is 5.35. The molecule has 0 spiro atoms. The van der Waals surface area contributed by atoms with Gasteiger partial charge in [-0.15, -0.1) is 0 Å². The van der Waals surface area contributed by atoms with Gasteiger partial charge < -0.3 is 10.6 Å². The summed E-state index contributed by atoms with van der Waals surface area (Å²) in [5, 5.41) is 1.02. The summed E-state index contributed by atoms with van der Waals surface area (Å²) in [6.07, 6.45) is 0. The molecule has 2 fully saturated rings. The second-order valence-electron chi connectivity index (χ2n) is 8.73. The van der Waals surface area contributed by atoms with Crippen molar-refractivity contribution in [1.29, 1.82) is 0 Å². The van der Waals surface area contributed by atoms with Gasteiger partial charge in [0.25, 0.3) is 5.91 Å². The van der Waals surface area contributed by atoms with E-state index in [1.54, 1.807) is 0 Å². The van der Waals surface area contributed by atoms with Crippen molar-refractivity contribution in [1.82, 2.24) is 14.8 Å². The van der Waals surface area contributed by atoms with Crippen LogP contribution in [0.4, 0.5) is 0 Å². The molecule has 3 heterocycles. The van der Waals surface area contributed by atoms with Gasteiger partial charge in [-0.2, -0.15) is 0 Å². The van der Waals surface area contributed by atoms with Crippen LogP contribution in [0.15, 0.2) is 60.7 Å². The maximum atomic E-state index is 13.7. The summed E-state index contributed by atoms with van der Waals surface area (Å²) in [6.45, 7) is 4.57. The maximum Gasteiger partial charge on any atom is 0.273 e. The van der Waals surface area contributed by atoms with Crippen LogP contribution < -0.4 is 5.73 Å². The number of hydrogen-bond donors (Lipinski definition) is 1. The number of primary amides is 1. The minimum atomic E-state index is -0.305. The fourth-order valence-electron chi connectivity index (χ4n) is 5.35. The molecule has 0 bridgehead atoms. The number of pyridine rings is 1. The van der Waals surface area contributed by atoms with Crippen molar-refractivity contribution in [2.75, 3.05) is 26.2 Å². The Hall–Kier alpha value is -3.25. The zero-order valence-electron chi connectivity index (χ0n) is 17.6. The molecule has 0 radical (unpaired) electrons. The van der Waals surface area contributed by atoms with Gasteiger partial charge in [0.2, 0.25) is 5.91 Å². The van der Waals surface area contributed by atoms with E-state index in [-0.39, 0.29) is 30.3 Å². The lowest BCUT2D eigenvalue weighted by molar-refractivity contribution is -0.119. The Morgan fingerprint density at radius 1 is 1.00 bits per heavy atom. The second kappa shape index (κ2) is 7.78. The second-order valence-corrected chi connectivity index (χ2v) is 8.73. The van der Waals surface area contributed by atoms with Gasteiger partial charge in [0.1, 0.15) is 5.69 Å². The monoisotopic (exact) mass is 414 g/mol. The Bertz CT molecular complexity index is 1160. The molecule has 6 nitrogen and oxygen atoms in total. The van der Waals surface area contributed by atoms with Crippen molar-refractivity contribution >= 4 is 22.7 Å². The SMILES string of the molecule is Cc1ccccc1[C@@H]1[C@H]2CN(CC(N)=O)C[C@H]2CN1C(=O)c1ccc2ccccc2n1. The molecule has 2 amide bonds. The van der Waals surface area contributed by atoms with Gasteiger partial charge in [0, 0.05) is 30.9 Å². The molecule has 1 aromatic heterocycles.